The van der Waals surface area contributed by atoms with Gasteiger partial charge in [-0.3, -0.25) is 24.1 Å². The number of allylic oxidation sites excluding steroid dienone is 2. The molecule has 4 amide bonds. The molecule has 2 aliphatic rings. The molecule has 0 saturated carbocycles. The highest BCUT2D eigenvalue weighted by Gasteiger charge is 2.47. The minimum absolute atomic E-state index is 0.00704. The average Bonchev–Trinajstić information content (AvgIpc) is 3.20. The number of hydrogen-bond acceptors (Lipinski definition) is 4. The lowest BCUT2D eigenvalue weighted by Crippen LogP contribution is -2.51. The van der Waals surface area contributed by atoms with Crippen LogP contribution in [0.5, 0.6) is 0 Å². The van der Waals surface area contributed by atoms with Crippen LogP contribution in [0.1, 0.15) is 50.2 Å². The van der Waals surface area contributed by atoms with Crippen LogP contribution in [0.3, 0.4) is 0 Å². The van der Waals surface area contributed by atoms with E-state index in [2.05, 4.69) is 5.32 Å². The molecule has 2 aromatic carbocycles. The van der Waals surface area contributed by atoms with Crippen LogP contribution in [0.4, 0.5) is 0 Å². The number of unbranched alkanes of at least 4 members (excludes halogenated alkanes) is 1. The lowest BCUT2D eigenvalue weighted by molar-refractivity contribution is -0.144. The van der Waals surface area contributed by atoms with E-state index in [1.807, 2.05) is 49.4 Å². The molecule has 1 fully saturated rings. The number of likely N-dealkylation sites (tertiary alicyclic amines) is 1. The summed E-state index contributed by atoms with van der Waals surface area (Å²) in [4.78, 5) is 56.2. The van der Waals surface area contributed by atoms with Gasteiger partial charge in [-0.2, -0.15) is 0 Å². The van der Waals surface area contributed by atoms with Crippen molar-refractivity contribution < 1.29 is 19.2 Å². The Labute approximate surface area is 245 Å². The second-order valence-electron chi connectivity index (χ2n) is 10.3. The van der Waals surface area contributed by atoms with Gasteiger partial charge in [0.05, 0.1) is 11.8 Å². The number of nitrogens with zero attached hydrogens (tertiary/aromatic N) is 2. The van der Waals surface area contributed by atoms with E-state index in [1.165, 1.54) is 9.80 Å². The standard InChI is InChI=1S/C31H35Cl2N3O4/c1-2-3-17-34-29(38)27(19-21-10-5-4-6-11-21)36(20-24-25(32)14-9-15-26(24)33)28(37)16-18-35-30(39)22-12-7-8-13-23(22)31(35)40/h4-11,14-15,22-23,27H,2-3,12-13,16-20H2,1H3,(H,34,38)/t22-,23+,27?. The molecule has 7 nitrogen and oxygen atoms in total. The smallest absolute Gasteiger partial charge is 0.243 e. The molecule has 4 rings (SSSR count). The Bertz CT molecular complexity index is 1220. The van der Waals surface area contributed by atoms with E-state index in [0.29, 0.717) is 35.0 Å². The number of hydrogen-bond donors (Lipinski definition) is 1. The summed E-state index contributed by atoms with van der Waals surface area (Å²) in [6.07, 6.45) is 6.83. The molecule has 1 unspecified atom stereocenters. The SMILES string of the molecule is CCCCNC(=O)C(Cc1ccccc1)N(Cc1c(Cl)cccc1Cl)C(=O)CCN1C(=O)[C@H]2CC=CC[C@H]2C1=O. The van der Waals surface area contributed by atoms with E-state index in [4.69, 9.17) is 23.2 Å². The fraction of sp³-hybridized carbons (Fsp3) is 0.419. The maximum absolute atomic E-state index is 13.9. The zero-order chi connectivity index (χ0) is 28.6. The fourth-order valence-corrected chi connectivity index (χ4v) is 5.87. The van der Waals surface area contributed by atoms with Crippen molar-refractivity contribution in [2.75, 3.05) is 13.1 Å². The number of fused-ring (bicyclic) bond motifs is 1. The summed E-state index contributed by atoms with van der Waals surface area (Å²) in [5.41, 5.74) is 1.42. The minimum atomic E-state index is -0.851. The van der Waals surface area contributed by atoms with Crippen LogP contribution in [0, 0.1) is 11.8 Å². The Morgan fingerprint density at radius 2 is 1.60 bits per heavy atom. The van der Waals surface area contributed by atoms with Gasteiger partial charge in [0.1, 0.15) is 6.04 Å². The van der Waals surface area contributed by atoms with E-state index in [9.17, 15) is 19.2 Å². The number of nitrogens with one attached hydrogen (secondary N) is 1. The van der Waals surface area contributed by atoms with E-state index < -0.39 is 6.04 Å². The van der Waals surface area contributed by atoms with Crippen LogP contribution in [-0.4, -0.2) is 52.6 Å². The first-order chi connectivity index (χ1) is 19.3. The maximum Gasteiger partial charge on any atom is 0.243 e. The van der Waals surface area contributed by atoms with Crippen molar-refractivity contribution in [2.45, 2.75) is 58.0 Å². The first-order valence-electron chi connectivity index (χ1n) is 13.9. The average molecular weight is 585 g/mol. The largest absolute Gasteiger partial charge is 0.354 e. The molecule has 9 heteroatoms. The summed E-state index contributed by atoms with van der Waals surface area (Å²) in [7, 11) is 0. The zero-order valence-corrected chi connectivity index (χ0v) is 24.2. The van der Waals surface area contributed by atoms with Crippen molar-refractivity contribution in [1.82, 2.24) is 15.1 Å². The van der Waals surface area contributed by atoms with Gasteiger partial charge >= 0.3 is 0 Å². The minimum Gasteiger partial charge on any atom is -0.354 e. The molecule has 2 aromatic rings. The molecule has 0 aromatic heterocycles. The molecule has 1 aliphatic heterocycles. The molecular formula is C31H35Cl2N3O4. The number of carbonyl (C=O) groups excluding carboxylic acids is 4. The normalized spacial score (nSPS) is 18.9. The van der Waals surface area contributed by atoms with Crippen LogP contribution >= 0.6 is 23.2 Å². The molecule has 40 heavy (non-hydrogen) atoms. The van der Waals surface area contributed by atoms with Crippen LogP contribution in [0.15, 0.2) is 60.7 Å². The highest BCUT2D eigenvalue weighted by atomic mass is 35.5. The third-order valence-electron chi connectivity index (χ3n) is 7.64. The number of halogens is 2. The molecule has 1 aliphatic carbocycles. The number of rotatable bonds is 12. The van der Waals surface area contributed by atoms with E-state index in [1.54, 1.807) is 18.2 Å². The van der Waals surface area contributed by atoms with Crippen molar-refractivity contribution >= 4 is 46.8 Å². The van der Waals surface area contributed by atoms with Crippen LogP contribution in [0.2, 0.25) is 10.0 Å². The van der Waals surface area contributed by atoms with Crippen LogP contribution in [-0.2, 0) is 32.1 Å². The highest BCUT2D eigenvalue weighted by Crippen LogP contribution is 2.35. The Morgan fingerprint density at radius 3 is 2.20 bits per heavy atom. The Kier molecular flexibility index (Phi) is 10.4. The summed E-state index contributed by atoms with van der Waals surface area (Å²) in [5, 5.41) is 3.75. The van der Waals surface area contributed by atoms with Crippen molar-refractivity contribution in [2.24, 2.45) is 11.8 Å². The molecule has 0 bridgehead atoms. The number of amides is 4. The summed E-state index contributed by atoms with van der Waals surface area (Å²) < 4.78 is 0. The van der Waals surface area contributed by atoms with Gasteiger partial charge in [-0.15, -0.1) is 0 Å². The summed E-state index contributed by atoms with van der Waals surface area (Å²) in [6, 6.07) is 13.7. The topological polar surface area (TPSA) is 86.8 Å². The first kappa shape index (κ1) is 29.8. The summed E-state index contributed by atoms with van der Waals surface area (Å²) in [5.74, 6) is -1.82. The van der Waals surface area contributed by atoms with Gasteiger partial charge in [-0.05, 0) is 37.0 Å². The lowest BCUT2D eigenvalue weighted by atomic mass is 9.85. The van der Waals surface area contributed by atoms with Crippen molar-refractivity contribution in [3.05, 3.63) is 81.9 Å². The van der Waals surface area contributed by atoms with Gasteiger partial charge in [0.2, 0.25) is 23.6 Å². The lowest BCUT2D eigenvalue weighted by Gasteiger charge is -2.32. The van der Waals surface area contributed by atoms with E-state index in [-0.39, 0.29) is 61.4 Å². The quantitative estimate of drug-likeness (QED) is 0.211. The third kappa shape index (κ3) is 6.94. The molecule has 3 atom stereocenters. The van der Waals surface area contributed by atoms with Gasteiger partial charge in [0, 0.05) is 48.1 Å². The van der Waals surface area contributed by atoms with E-state index in [0.717, 1.165) is 18.4 Å². The second-order valence-corrected chi connectivity index (χ2v) is 11.1. The van der Waals surface area contributed by atoms with Gasteiger partial charge in [0.25, 0.3) is 0 Å². The summed E-state index contributed by atoms with van der Waals surface area (Å²) >= 11 is 13.0. The predicted molar refractivity (Wildman–Crippen MR) is 156 cm³/mol. The molecule has 1 N–H and O–H groups in total. The number of imide groups is 1. The monoisotopic (exact) mass is 583 g/mol. The van der Waals surface area contributed by atoms with Gasteiger partial charge in [0.15, 0.2) is 0 Å². The third-order valence-corrected chi connectivity index (χ3v) is 8.35. The van der Waals surface area contributed by atoms with Crippen molar-refractivity contribution in [1.29, 1.82) is 0 Å². The van der Waals surface area contributed by atoms with Gasteiger partial charge in [-0.25, -0.2) is 0 Å². The maximum atomic E-state index is 13.9. The number of benzene rings is 2. The predicted octanol–water partition coefficient (Wildman–Crippen LogP) is 5.19. The second kappa shape index (κ2) is 14.0. The molecular weight excluding hydrogens is 549 g/mol. The highest BCUT2D eigenvalue weighted by molar-refractivity contribution is 6.36. The molecule has 212 valence electrons. The van der Waals surface area contributed by atoms with E-state index >= 15 is 0 Å². The summed E-state index contributed by atoms with van der Waals surface area (Å²) in [6.45, 7) is 2.50. The van der Waals surface area contributed by atoms with Crippen molar-refractivity contribution in [3.63, 3.8) is 0 Å². The molecule has 0 spiro atoms. The molecule has 0 radical (unpaired) electrons. The number of carbonyl (C=O) groups is 4. The van der Waals surface area contributed by atoms with Crippen LogP contribution < -0.4 is 5.32 Å². The van der Waals surface area contributed by atoms with Crippen molar-refractivity contribution in [3.8, 4) is 0 Å². The molecule has 1 heterocycles. The van der Waals surface area contributed by atoms with Gasteiger partial charge in [-0.1, -0.05) is 85.1 Å². The first-order valence-corrected chi connectivity index (χ1v) is 14.6. The fourth-order valence-electron chi connectivity index (χ4n) is 5.35. The van der Waals surface area contributed by atoms with Gasteiger partial charge < -0.3 is 10.2 Å². The molecule has 1 saturated heterocycles. The Balaban J connectivity index is 1.61. The Morgan fingerprint density at radius 1 is 0.975 bits per heavy atom. The Hall–Kier alpha value is -3.16. The zero-order valence-electron chi connectivity index (χ0n) is 22.7. The van der Waals surface area contributed by atoms with Crippen LogP contribution in [0.25, 0.3) is 0 Å².